The third-order valence-electron chi connectivity index (χ3n) is 3.04. The van der Waals surface area contributed by atoms with Crippen molar-refractivity contribution in [3.05, 3.63) is 59.7 Å². The van der Waals surface area contributed by atoms with Crippen LogP contribution in [0.3, 0.4) is 0 Å². The maximum absolute atomic E-state index is 12.2. The fourth-order valence-electron chi connectivity index (χ4n) is 1.89. The second kappa shape index (κ2) is 7.45. The molecule has 0 aliphatic carbocycles. The van der Waals surface area contributed by atoms with Crippen molar-refractivity contribution in [3.63, 3.8) is 0 Å². The van der Waals surface area contributed by atoms with E-state index >= 15 is 0 Å². The topological polar surface area (TPSA) is 44.8 Å². The first-order valence-electron chi connectivity index (χ1n) is 6.61. The molecule has 0 aromatic heterocycles. The van der Waals surface area contributed by atoms with Crippen LogP contribution in [0.1, 0.15) is 15.9 Å². The average Bonchev–Trinajstić information content (AvgIpc) is 2.54. The van der Waals surface area contributed by atoms with Gasteiger partial charge in [0.2, 0.25) is 0 Å². The Morgan fingerprint density at radius 3 is 2.10 bits per heavy atom. The third-order valence-corrected chi connectivity index (χ3v) is 3.04. The molecule has 21 heavy (non-hydrogen) atoms. The molecule has 4 nitrogen and oxygen atoms in total. The largest absolute Gasteiger partial charge is 0.497 e. The summed E-state index contributed by atoms with van der Waals surface area (Å²) in [6.07, 6.45) is 0.363. The van der Waals surface area contributed by atoms with Crippen molar-refractivity contribution in [2.75, 3.05) is 21.0 Å². The van der Waals surface area contributed by atoms with Crippen LogP contribution in [0.5, 0.6) is 11.5 Å². The SMILES string of the molecule is COCOc1ccc(C(=O)Cc2ccc(OC)cc2)cc1. The summed E-state index contributed by atoms with van der Waals surface area (Å²) in [5, 5.41) is 0. The van der Waals surface area contributed by atoms with Gasteiger partial charge in [-0.2, -0.15) is 0 Å². The number of Topliss-reactive ketones (excluding diaryl/α,β-unsaturated/α-hetero) is 1. The maximum Gasteiger partial charge on any atom is 0.188 e. The molecule has 0 saturated carbocycles. The van der Waals surface area contributed by atoms with E-state index in [1.165, 1.54) is 0 Å². The molecule has 0 atom stereocenters. The van der Waals surface area contributed by atoms with Gasteiger partial charge < -0.3 is 14.2 Å². The van der Waals surface area contributed by atoms with E-state index in [9.17, 15) is 4.79 Å². The summed E-state index contributed by atoms with van der Waals surface area (Å²) < 4.78 is 15.2. The highest BCUT2D eigenvalue weighted by Crippen LogP contribution is 2.16. The highest BCUT2D eigenvalue weighted by atomic mass is 16.7. The minimum Gasteiger partial charge on any atom is -0.497 e. The van der Waals surface area contributed by atoms with Gasteiger partial charge in [0.1, 0.15) is 11.5 Å². The van der Waals surface area contributed by atoms with E-state index in [0.717, 1.165) is 11.3 Å². The first-order chi connectivity index (χ1) is 10.2. The lowest BCUT2D eigenvalue weighted by molar-refractivity contribution is 0.0511. The monoisotopic (exact) mass is 286 g/mol. The van der Waals surface area contributed by atoms with E-state index in [-0.39, 0.29) is 12.6 Å². The van der Waals surface area contributed by atoms with Crippen LogP contribution >= 0.6 is 0 Å². The Kier molecular flexibility index (Phi) is 5.35. The lowest BCUT2D eigenvalue weighted by Crippen LogP contribution is -2.04. The van der Waals surface area contributed by atoms with Crippen LogP contribution in [0.25, 0.3) is 0 Å². The quantitative estimate of drug-likeness (QED) is 0.579. The molecular formula is C17H18O4. The predicted octanol–water partition coefficient (Wildman–Crippen LogP) is 3.10. The molecule has 0 spiro atoms. The molecule has 2 aromatic carbocycles. The Morgan fingerprint density at radius 1 is 0.905 bits per heavy atom. The predicted molar refractivity (Wildman–Crippen MR) is 80.0 cm³/mol. The number of carbonyl (C=O) groups is 1. The Balaban J connectivity index is 1.98. The number of rotatable bonds is 7. The van der Waals surface area contributed by atoms with Gasteiger partial charge in [0.05, 0.1) is 7.11 Å². The molecule has 2 aromatic rings. The molecule has 0 aliphatic rings. The number of ether oxygens (including phenoxy) is 3. The fourth-order valence-corrected chi connectivity index (χ4v) is 1.89. The van der Waals surface area contributed by atoms with E-state index in [1.807, 2.05) is 24.3 Å². The van der Waals surface area contributed by atoms with Crippen molar-refractivity contribution >= 4 is 5.78 Å². The Labute approximate surface area is 124 Å². The molecule has 110 valence electrons. The molecular weight excluding hydrogens is 268 g/mol. The summed E-state index contributed by atoms with van der Waals surface area (Å²) in [7, 11) is 3.18. The first kappa shape index (κ1) is 15.1. The minimum absolute atomic E-state index is 0.0680. The summed E-state index contributed by atoms with van der Waals surface area (Å²) in [5.74, 6) is 1.53. The van der Waals surface area contributed by atoms with Gasteiger partial charge in [0.15, 0.2) is 12.6 Å². The van der Waals surface area contributed by atoms with Gasteiger partial charge in [-0.3, -0.25) is 4.79 Å². The summed E-state index contributed by atoms with van der Waals surface area (Å²) >= 11 is 0. The van der Waals surface area contributed by atoms with Crippen molar-refractivity contribution < 1.29 is 19.0 Å². The Hall–Kier alpha value is -2.33. The molecule has 0 bridgehead atoms. The lowest BCUT2D eigenvalue weighted by Gasteiger charge is -2.06. The van der Waals surface area contributed by atoms with Crippen molar-refractivity contribution in [2.24, 2.45) is 0 Å². The highest BCUT2D eigenvalue weighted by Gasteiger charge is 2.07. The van der Waals surface area contributed by atoms with E-state index in [2.05, 4.69) is 0 Å². The molecule has 0 radical (unpaired) electrons. The molecule has 2 rings (SSSR count). The molecule has 0 fully saturated rings. The van der Waals surface area contributed by atoms with Crippen LogP contribution in [-0.2, 0) is 11.2 Å². The number of hydrogen-bond acceptors (Lipinski definition) is 4. The average molecular weight is 286 g/mol. The second-order valence-electron chi connectivity index (χ2n) is 4.52. The van der Waals surface area contributed by atoms with Crippen LogP contribution in [0.15, 0.2) is 48.5 Å². The number of hydrogen-bond donors (Lipinski definition) is 0. The van der Waals surface area contributed by atoms with Gasteiger partial charge in [-0.25, -0.2) is 0 Å². The van der Waals surface area contributed by atoms with Crippen molar-refractivity contribution in [1.82, 2.24) is 0 Å². The number of carbonyl (C=O) groups excluding carboxylic acids is 1. The third kappa shape index (κ3) is 4.33. The summed E-state index contributed by atoms with van der Waals surface area (Å²) in [5.41, 5.74) is 1.62. The zero-order chi connectivity index (χ0) is 15.1. The molecule has 0 N–H and O–H groups in total. The normalized spacial score (nSPS) is 10.2. The Morgan fingerprint density at radius 2 is 1.52 bits per heavy atom. The maximum atomic E-state index is 12.2. The van der Waals surface area contributed by atoms with E-state index in [4.69, 9.17) is 14.2 Å². The zero-order valence-electron chi connectivity index (χ0n) is 12.2. The fraction of sp³-hybridized carbons (Fsp3) is 0.235. The van der Waals surface area contributed by atoms with Crippen LogP contribution in [0.2, 0.25) is 0 Å². The van der Waals surface area contributed by atoms with Gasteiger partial charge in [-0.05, 0) is 42.0 Å². The smallest absolute Gasteiger partial charge is 0.188 e. The highest BCUT2D eigenvalue weighted by molar-refractivity contribution is 5.97. The Bertz CT molecular complexity index is 573. The van der Waals surface area contributed by atoms with E-state index in [1.54, 1.807) is 38.5 Å². The first-order valence-corrected chi connectivity index (χ1v) is 6.61. The van der Waals surface area contributed by atoms with Crippen LogP contribution < -0.4 is 9.47 Å². The number of ketones is 1. The minimum atomic E-state index is 0.0680. The van der Waals surface area contributed by atoms with Crippen molar-refractivity contribution in [3.8, 4) is 11.5 Å². The van der Waals surface area contributed by atoms with E-state index < -0.39 is 0 Å². The zero-order valence-corrected chi connectivity index (χ0v) is 12.2. The summed E-state index contributed by atoms with van der Waals surface area (Å²) in [6, 6.07) is 14.5. The molecule has 4 heteroatoms. The summed E-state index contributed by atoms with van der Waals surface area (Å²) in [6.45, 7) is 0.194. The molecule has 0 heterocycles. The van der Waals surface area contributed by atoms with Crippen LogP contribution in [0, 0.1) is 0 Å². The number of methoxy groups -OCH3 is 2. The van der Waals surface area contributed by atoms with Crippen molar-refractivity contribution in [2.45, 2.75) is 6.42 Å². The van der Waals surface area contributed by atoms with Gasteiger partial charge >= 0.3 is 0 Å². The van der Waals surface area contributed by atoms with E-state index in [0.29, 0.717) is 17.7 Å². The number of benzene rings is 2. The van der Waals surface area contributed by atoms with Crippen molar-refractivity contribution in [1.29, 1.82) is 0 Å². The van der Waals surface area contributed by atoms with Gasteiger partial charge in [0.25, 0.3) is 0 Å². The van der Waals surface area contributed by atoms with Crippen LogP contribution in [0.4, 0.5) is 0 Å². The second-order valence-corrected chi connectivity index (χ2v) is 4.52. The van der Waals surface area contributed by atoms with Crippen LogP contribution in [-0.4, -0.2) is 26.8 Å². The molecule has 0 amide bonds. The molecule has 0 unspecified atom stereocenters. The summed E-state index contributed by atoms with van der Waals surface area (Å²) in [4.78, 5) is 12.2. The van der Waals surface area contributed by atoms with Gasteiger partial charge in [0, 0.05) is 19.1 Å². The van der Waals surface area contributed by atoms with Gasteiger partial charge in [-0.15, -0.1) is 0 Å². The molecule has 0 saturated heterocycles. The molecule has 0 aliphatic heterocycles. The van der Waals surface area contributed by atoms with Gasteiger partial charge in [-0.1, -0.05) is 12.1 Å². The lowest BCUT2D eigenvalue weighted by atomic mass is 10.0. The standard InChI is InChI=1S/C17H18O4/c1-19-12-21-16-9-5-14(6-10-16)17(18)11-13-3-7-15(20-2)8-4-13/h3-10H,11-12H2,1-2H3.